The molecule has 0 radical (unpaired) electrons. The van der Waals surface area contributed by atoms with E-state index >= 15 is 0 Å². The van der Waals surface area contributed by atoms with Crippen molar-refractivity contribution in [3.05, 3.63) is 62.5 Å². The zero-order valence-electron chi connectivity index (χ0n) is 13.7. The lowest BCUT2D eigenvalue weighted by atomic mass is 9.91. The van der Waals surface area contributed by atoms with Gasteiger partial charge in [0.15, 0.2) is 0 Å². The molecule has 24 heavy (non-hydrogen) atoms. The summed E-state index contributed by atoms with van der Waals surface area (Å²) in [5.74, 6) is 0. The second kappa shape index (κ2) is 5.98. The van der Waals surface area contributed by atoms with Gasteiger partial charge >= 0.3 is 0 Å². The Balaban J connectivity index is 2.06. The summed E-state index contributed by atoms with van der Waals surface area (Å²) in [5.41, 5.74) is 2.58. The van der Waals surface area contributed by atoms with Crippen LogP contribution in [-0.4, -0.2) is 19.7 Å². The molecule has 124 valence electrons. The monoisotopic (exact) mass is 388 g/mol. The van der Waals surface area contributed by atoms with Crippen LogP contribution in [0.15, 0.2) is 41.0 Å². The molecular weight excluding hydrogens is 372 g/mol. The van der Waals surface area contributed by atoms with E-state index in [-0.39, 0.29) is 11.1 Å². The maximum absolute atomic E-state index is 11.2. The first kappa shape index (κ1) is 16.6. The molecule has 3 aromatic rings. The number of aromatic nitrogens is 3. The van der Waals surface area contributed by atoms with Gasteiger partial charge in [-0.15, -0.1) is 0 Å². The van der Waals surface area contributed by atoms with Crippen LogP contribution in [0.1, 0.15) is 32.2 Å². The third kappa shape index (κ3) is 3.03. The van der Waals surface area contributed by atoms with E-state index in [4.69, 9.17) is 4.98 Å². The fourth-order valence-corrected chi connectivity index (χ4v) is 3.17. The van der Waals surface area contributed by atoms with Gasteiger partial charge in [-0.2, -0.15) is 5.10 Å². The van der Waals surface area contributed by atoms with Crippen LogP contribution in [0.2, 0.25) is 0 Å². The first-order chi connectivity index (χ1) is 11.3. The second-order valence-electron chi connectivity index (χ2n) is 6.64. The van der Waals surface area contributed by atoms with Crippen LogP contribution in [0, 0.1) is 10.1 Å². The molecule has 0 spiro atoms. The van der Waals surface area contributed by atoms with E-state index in [1.165, 1.54) is 6.07 Å². The zero-order valence-corrected chi connectivity index (χ0v) is 15.2. The Hall–Kier alpha value is -2.28. The number of nitro groups is 1. The van der Waals surface area contributed by atoms with Gasteiger partial charge in [-0.1, -0.05) is 32.9 Å². The van der Waals surface area contributed by atoms with Crippen molar-refractivity contribution in [1.29, 1.82) is 0 Å². The molecule has 0 saturated carbocycles. The molecule has 0 N–H and O–H groups in total. The Morgan fingerprint density at radius 3 is 2.58 bits per heavy atom. The minimum atomic E-state index is -0.391. The Bertz CT molecular complexity index is 928. The third-order valence-electron chi connectivity index (χ3n) is 3.80. The predicted octanol–water partition coefficient (Wildman–Crippen LogP) is 4.45. The number of hydrogen-bond donors (Lipinski definition) is 0. The van der Waals surface area contributed by atoms with Gasteiger partial charge < -0.3 is 0 Å². The summed E-state index contributed by atoms with van der Waals surface area (Å²) in [4.78, 5) is 15.5. The van der Waals surface area contributed by atoms with Gasteiger partial charge in [0, 0.05) is 17.2 Å². The average molecular weight is 389 g/mol. The number of pyridine rings is 1. The van der Waals surface area contributed by atoms with E-state index in [0.29, 0.717) is 22.1 Å². The Kier molecular flexibility index (Phi) is 4.13. The molecule has 0 aliphatic carbocycles. The van der Waals surface area contributed by atoms with E-state index in [0.717, 1.165) is 11.4 Å². The maximum Gasteiger partial charge on any atom is 0.281 e. The lowest BCUT2D eigenvalue weighted by Gasteiger charge is -2.18. The van der Waals surface area contributed by atoms with Gasteiger partial charge in [0.2, 0.25) is 0 Å². The Morgan fingerprint density at radius 1 is 1.21 bits per heavy atom. The van der Waals surface area contributed by atoms with Gasteiger partial charge in [-0.3, -0.25) is 19.8 Å². The minimum Gasteiger partial charge on any atom is -0.258 e. The third-order valence-corrected chi connectivity index (χ3v) is 4.35. The van der Waals surface area contributed by atoms with Crippen LogP contribution in [0.4, 0.5) is 5.69 Å². The van der Waals surface area contributed by atoms with Gasteiger partial charge in [0.1, 0.15) is 9.99 Å². The highest BCUT2D eigenvalue weighted by atomic mass is 79.9. The molecule has 1 aromatic carbocycles. The smallest absolute Gasteiger partial charge is 0.258 e. The van der Waals surface area contributed by atoms with Gasteiger partial charge in [-0.25, -0.2) is 0 Å². The van der Waals surface area contributed by atoms with Crippen LogP contribution in [0.25, 0.3) is 10.9 Å². The molecule has 0 aliphatic rings. The van der Waals surface area contributed by atoms with E-state index in [9.17, 15) is 10.1 Å². The topological polar surface area (TPSA) is 73.8 Å². The number of benzene rings is 1. The van der Waals surface area contributed by atoms with Crippen LogP contribution < -0.4 is 0 Å². The van der Waals surface area contributed by atoms with Crippen LogP contribution in [0.5, 0.6) is 0 Å². The summed E-state index contributed by atoms with van der Waals surface area (Å²) < 4.78 is 2.21. The molecule has 0 bridgehead atoms. The summed E-state index contributed by atoms with van der Waals surface area (Å²) >= 11 is 3.34. The molecule has 0 fully saturated rings. The van der Waals surface area contributed by atoms with E-state index in [1.807, 2.05) is 24.3 Å². The molecule has 0 saturated heterocycles. The number of halogens is 1. The number of hydrogen-bond acceptors (Lipinski definition) is 4. The largest absolute Gasteiger partial charge is 0.281 e. The molecule has 7 heteroatoms. The van der Waals surface area contributed by atoms with Crippen molar-refractivity contribution >= 4 is 32.5 Å². The Morgan fingerprint density at radius 2 is 1.92 bits per heavy atom. The predicted molar refractivity (Wildman–Crippen MR) is 96.1 cm³/mol. The van der Waals surface area contributed by atoms with Crippen molar-refractivity contribution in [3.8, 4) is 0 Å². The highest BCUT2D eigenvalue weighted by Crippen LogP contribution is 2.32. The zero-order chi connectivity index (χ0) is 17.5. The summed E-state index contributed by atoms with van der Waals surface area (Å²) in [6.45, 7) is 6.79. The first-order valence-corrected chi connectivity index (χ1v) is 8.32. The summed E-state index contributed by atoms with van der Waals surface area (Å²) in [6.07, 6.45) is 0. The Labute approximate surface area is 147 Å². The summed E-state index contributed by atoms with van der Waals surface area (Å²) in [5, 5.41) is 16.1. The lowest BCUT2D eigenvalue weighted by Crippen LogP contribution is -2.15. The van der Waals surface area contributed by atoms with Crippen molar-refractivity contribution in [3.63, 3.8) is 0 Å². The summed E-state index contributed by atoms with van der Waals surface area (Å²) in [6, 6.07) is 10.9. The van der Waals surface area contributed by atoms with Crippen molar-refractivity contribution in [2.24, 2.45) is 0 Å². The molecule has 2 aromatic heterocycles. The quantitative estimate of drug-likeness (QED) is 0.490. The van der Waals surface area contributed by atoms with Gasteiger partial charge in [0.25, 0.3) is 5.69 Å². The normalized spacial score (nSPS) is 11.8. The number of nitro benzene ring substituents is 1. The molecule has 0 amide bonds. The second-order valence-corrected chi connectivity index (χ2v) is 7.39. The molecular formula is C17H17BrN4O2. The van der Waals surface area contributed by atoms with Crippen molar-refractivity contribution < 1.29 is 4.92 Å². The fourth-order valence-electron chi connectivity index (χ4n) is 2.58. The number of non-ortho nitro benzene ring substituents is 1. The van der Waals surface area contributed by atoms with Crippen LogP contribution in [-0.2, 0) is 12.0 Å². The van der Waals surface area contributed by atoms with Crippen molar-refractivity contribution in [2.45, 2.75) is 32.7 Å². The molecule has 2 heterocycles. The lowest BCUT2D eigenvalue weighted by molar-refractivity contribution is -0.383. The number of nitrogens with zero attached hydrogens (tertiary/aromatic N) is 4. The highest BCUT2D eigenvalue weighted by Gasteiger charge is 2.20. The molecule has 0 unspecified atom stereocenters. The number of rotatable bonds is 3. The standard InChI is InChI=1S/C17H17BrN4O2/c1-17(2,3)14-9-4-6-11(19-14)10-21-12-7-5-8-13(22(23)24)15(12)16(18)20-21/h4-9H,10H2,1-3H3. The fraction of sp³-hybridized carbons (Fsp3) is 0.294. The van der Waals surface area contributed by atoms with E-state index < -0.39 is 4.92 Å². The highest BCUT2D eigenvalue weighted by molar-refractivity contribution is 9.10. The van der Waals surface area contributed by atoms with Crippen LogP contribution in [0.3, 0.4) is 0 Å². The van der Waals surface area contributed by atoms with E-state index in [2.05, 4.69) is 41.8 Å². The molecule has 0 aliphatic heterocycles. The van der Waals surface area contributed by atoms with Gasteiger partial charge in [-0.05, 0) is 34.1 Å². The van der Waals surface area contributed by atoms with Crippen LogP contribution >= 0.6 is 15.9 Å². The van der Waals surface area contributed by atoms with Crippen molar-refractivity contribution in [2.75, 3.05) is 0 Å². The van der Waals surface area contributed by atoms with Gasteiger partial charge in [0.05, 0.1) is 22.7 Å². The van der Waals surface area contributed by atoms with Crippen molar-refractivity contribution in [1.82, 2.24) is 14.8 Å². The molecule has 0 atom stereocenters. The van der Waals surface area contributed by atoms with E-state index in [1.54, 1.807) is 10.7 Å². The summed E-state index contributed by atoms with van der Waals surface area (Å²) in [7, 11) is 0. The number of fused-ring (bicyclic) bond motifs is 1. The maximum atomic E-state index is 11.2. The first-order valence-electron chi connectivity index (χ1n) is 7.53. The minimum absolute atomic E-state index is 0.0401. The average Bonchev–Trinajstić information content (AvgIpc) is 2.83. The molecule has 3 rings (SSSR count). The molecule has 6 nitrogen and oxygen atoms in total. The SMILES string of the molecule is CC(C)(C)c1cccc(Cn2nc(Br)c3c([N+](=O)[O-])cccc32)n1.